The molecule has 0 aromatic heterocycles. The summed E-state index contributed by atoms with van der Waals surface area (Å²) in [6.07, 6.45) is 6.82. The van der Waals surface area contributed by atoms with Gasteiger partial charge in [0, 0.05) is 37.3 Å². The zero-order chi connectivity index (χ0) is 13.5. The average Bonchev–Trinajstić information content (AvgIpc) is 3.00. The minimum absolute atomic E-state index is 0.345. The predicted molar refractivity (Wildman–Crippen MR) is 78.4 cm³/mol. The van der Waals surface area contributed by atoms with Crippen molar-refractivity contribution in [2.24, 2.45) is 5.41 Å². The molecule has 1 spiro atoms. The van der Waals surface area contributed by atoms with Crippen LogP contribution in [0.1, 0.15) is 52.9 Å². The van der Waals surface area contributed by atoms with E-state index < -0.39 is 0 Å². The van der Waals surface area contributed by atoms with Gasteiger partial charge in [-0.3, -0.25) is 4.90 Å². The fourth-order valence-electron chi connectivity index (χ4n) is 4.25. The Morgan fingerprint density at radius 3 is 2.53 bits per heavy atom. The first kappa shape index (κ1) is 13.8. The molecule has 19 heavy (non-hydrogen) atoms. The van der Waals surface area contributed by atoms with Crippen LogP contribution in [0.5, 0.6) is 0 Å². The molecule has 3 aliphatic rings. The summed E-state index contributed by atoms with van der Waals surface area (Å²) in [5.74, 6) is 0. The highest BCUT2D eigenvalue weighted by Crippen LogP contribution is 2.41. The first-order chi connectivity index (χ1) is 9.01. The summed E-state index contributed by atoms with van der Waals surface area (Å²) in [4.78, 5) is 2.85. The van der Waals surface area contributed by atoms with Gasteiger partial charge in [-0.15, -0.1) is 0 Å². The Morgan fingerprint density at radius 2 is 1.95 bits per heavy atom. The van der Waals surface area contributed by atoms with Gasteiger partial charge in [-0.1, -0.05) is 33.6 Å². The number of nitrogens with one attached hydrogen (secondary N) is 1. The van der Waals surface area contributed by atoms with Crippen molar-refractivity contribution < 1.29 is 4.74 Å². The van der Waals surface area contributed by atoms with Gasteiger partial charge in [0.2, 0.25) is 0 Å². The fraction of sp³-hybridized carbons (Fsp3) is 1.00. The monoisotopic (exact) mass is 266 g/mol. The SMILES string of the molecule is CC(C)(C)C1CN(C2CCOC2)C2(CCCC2)CN1. The van der Waals surface area contributed by atoms with Crippen LogP contribution in [0.15, 0.2) is 0 Å². The van der Waals surface area contributed by atoms with Crippen LogP contribution in [0.2, 0.25) is 0 Å². The lowest BCUT2D eigenvalue weighted by atomic mass is 9.80. The zero-order valence-electron chi connectivity index (χ0n) is 12.9. The third kappa shape index (κ3) is 2.57. The van der Waals surface area contributed by atoms with Gasteiger partial charge in [0.05, 0.1) is 6.61 Å². The highest BCUT2D eigenvalue weighted by Gasteiger charge is 2.48. The summed E-state index contributed by atoms with van der Waals surface area (Å²) in [5, 5.41) is 3.86. The molecular formula is C16H30N2O. The summed E-state index contributed by atoms with van der Waals surface area (Å²) < 4.78 is 5.67. The largest absolute Gasteiger partial charge is 0.380 e. The Bertz CT molecular complexity index is 311. The van der Waals surface area contributed by atoms with E-state index in [1.54, 1.807) is 0 Å². The average molecular weight is 266 g/mol. The second kappa shape index (κ2) is 5.01. The normalized spacial score (nSPS) is 36.2. The van der Waals surface area contributed by atoms with E-state index in [0.717, 1.165) is 13.2 Å². The van der Waals surface area contributed by atoms with Crippen LogP contribution >= 0.6 is 0 Å². The molecule has 0 radical (unpaired) electrons. The Kier molecular flexibility index (Phi) is 3.65. The zero-order valence-corrected chi connectivity index (χ0v) is 12.9. The fourth-order valence-corrected chi connectivity index (χ4v) is 4.25. The van der Waals surface area contributed by atoms with E-state index in [2.05, 4.69) is 31.0 Å². The topological polar surface area (TPSA) is 24.5 Å². The second-order valence-electron chi connectivity index (χ2n) is 7.90. The van der Waals surface area contributed by atoms with Gasteiger partial charge in [-0.25, -0.2) is 0 Å². The van der Waals surface area contributed by atoms with Crippen molar-refractivity contribution in [3.8, 4) is 0 Å². The molecule has 1 aliphatic carbocycles. The third-order valence-electron chi connectivity index (χ3n) is 5.59. The summed E-state index contributed by atoms with van der Waals surface area (Å²) in [7, 11) is 0. The van der Waals surface area contributed by atoms with E-state index in [-0.39, 0.29) is 0 Å². The molecule has 2 aliphatic heterocycles. The number of rotatable bonds is 1. The van der Waals surface area contributed by atoms with E-state index in [0.29, 0.717) is 23.0 Å². The van der Waals surface area contributed by atoms with Crippen molar-refractivity contribution in [2.45, 2.75) is 70.5 Å². The maximum Gasteiger partial charge on any atom is 0.0622 e. The molecule has 2 saturated heterocycles. The minimum atomic E-state index is 0.345. The number of hydrogen-bond acceptors (Lipinski definition) is 3. The van der Waals surface area contributed by atoms with Crippen molar-refractivity contribution >= 4 is 0 Å². The maximum atomic E-state index is 5.67. The molecule has 110 valence electrons. The summed E-state index contributed by atoms with van der Waals surface area (Å²) in [6, 6.07) is 1.28. The Balaban J connectivity index is 1.79. The quantitative estimate of drug-likeness (QED) is 0.789. The van der Waals surface area contributed by atoms with E-state index >= 15 is 0 Å². The highest BCUT2D eigenvalue weighted by atomic mass is 16.5. The second-order valence-corrected chi connectivity index (χ2v) is 7.90. The first-order valence-electron chi connectivity index (χ1n) is 8.09. The van der Waals surface area contributed by atoms with Gasteiger partial charge in [0.15, 0.2) is 0 Å². The van der Waals surface area contributed by atoms with Crippen LogP contribution in [0, 0.1) is 5.41 Å². The van der Waals surface area contributed by atoms with Gasteiger partial charge in [0.25, 0.3) is 0 Å². The third-order valence-corrected chi connectivity index (χ3v) is 5.59. The summed E-state index contributed by atoms with van der Waals surface area (Å²) >= 11 is 0. The van der Waals surface area contributed by atoms with Gasteiger partial charge in [0.1, 0.15) is 0 Å². The molecule has 0 amide bonds. The van der Waals surface area contributed by atoms with Gasteiger partial charge in [-0.05, 0) is 24.7 Å². The van der Waals surface area contributed by atoms with Gasteiger partial charge >= 0.3 is 0 Å². The summed E-state index contributed by atoms with van der Waals surface area (Å²) in [6.45, 7) is 11.4. The van der Waals surface area contributed by atoms with Crippen LogP contribution < -0.4 is 5.32 Å². The van der Waals surface area contributed by atoms with E-state index in [4.69, 9.17) is 4.74 Å². The number of nitrogens with zero attached hydrogens (tertiary/aromatic N) is 1. The molecule has 2 unspecified atom stereocenters. The molecule has 1 N–H and O–H groups in total. The lowest BCUT2D eigenvalue weighted by molar-refractivity contribution is -0.0177. The van der Waals surface area contributed by atoms with E-state index in [1.165, 1.54) is 45.2 Å². The molecule has 0 aromatic carbocycles. The van der Waals surface area contributed by atoms with Crippen LogP contribution in [0.3, 0.4) is 0 Å². The molecule has 2 atom stereocenters. The Morgan fingerprint density at radius 1 is 1.21 bits per heavy atom. The maximum absolute atomic E-state index is 5.67. The van der Waals surface area contributed by atoms with Crippen molar-refractivity contribution in [1.82, 2.24) is 10.2 Å². The van der Waals surface area contributed by atoms with Gasteiger partial charge in [-0.2, -0.15) is 0 Å². The number of hydrogen-bond donors (Lipinski definition) is 1. The smallest absolute Gasteiger partial charge is 0.0622 e. The Hall–Kier alpha value is -0.120. The van der Waals surface area contributed by atoms with Crippen molar-refractivity contribution in [2.75, 3.05) is 26.3 Å². The molecule has 0 bridgehead atoms. The van der Waals surface area contributed by atoms with E-state index in [1.807, 2.05) is 0 Å². The molecule has 2 heterocycles. The number of piperazine rings is 1. The molecule has 3 rings (SSSR count). The van der Waals surface area contributed by atoms with Gasteiger partial charge < -0.3 is 10.1 Å². The molecule has 3 heteroatoms. The summed E-state index contributed by atoms with van der Waals surface area (Å²) in [5.41, 5.74) is 0.790. The highest BCUT2D eigenvalue weighted by molar-refractivity contribution is 5.06. The lowest BCUT2D eigenvalue weighted by Crippen LogP contribution is -2.68. The number of ether oxygens (including phenoxy) is 1. The van der Waals surface area contributed by atoms with Crippen LogP contribution in [0.4, 0.5) is 0 Å². The molecular weight excluding hydrogens is 236 g/mol. The first-order valence-corrected chi connectivity index (χ1v) is 8.09. The predicted octanol–water partition coefficient (Wildman–Crippen LogP) is 2.41. The standard InChI is InChI=1S/C16H30N2O/c1-15(2,3)14-10-18(13-6-9-19-11-13)16(12-17-14)7-4-5-8-16/h13-14,17H,4-12H2,1-3H3. The molecule has 0 aromatic rings. The van der Waals surface area contributed by atoms with Crippen molar-refractivity contribution in [3.63, 3.8) is 0 Å². The molecule has 1 saturated carbocycles. The minimum Gasteiger partial charge on any atom is -0.380 e. The van der Waals surface area contributed by atoms with Crippen LogP contribution in [0.25, 0.3) is 0 Å². The van der Waals surface area contributed by atoms with Crippen LogP contribution in [-0.2, 0) is 4.74 Å². The van der Waals surface area contributed by atoms with Crippen molar-refractivity contribution in [1.29, 1.82) is 0 Å². The van der Waals surface area contributed by atoms with Crippen LogP contribution in [-0.4, -0.2) is 48.8 Å². The Labute approximate surface area is 118 Å². The van der Waals surface area contributed by atoms with Crippen molar-refractivity contribution in [3.05, 3.63) is 0 Å². The molecule has 3 nitrogen and oxygen atoms in total. The van der Waals surface area contributed by atoms with E-state index in [9.17, 15) is 0 Å². The lowest BCUT2D eigenvalue weighted by Gasteiger charge is -2.53. The molecule has 3 fully saturated rings.